The number of amides is 1. The van der Waals surface area contributed by atoms with Crippen LogP contribution in [0.1, 0.15) is 12.2 Å². The molecular formula is C10H13NO5S. The molecule has 0 aromatic carbocycles. The molecule has 6 nitrogen and oxygen atoms in total. The van der Waals surface area contributed by atoms with E-state index in [4.69, 9.17) is 9.52 Å². The van der Waals surface area contributed by atoms with E-state index in [9.17, 15) is 13.8 Å². The first-order valence-corrected chi connectivity index (χ1v) is 6.42. The molecule has 1 aromatic rings. The lowest BCUT2D eigenvalue weighted by Gasteiger charge is -2.02. The van der Waals surface area contributed by atoms with Crippen molar-refractivity contribution >= 4 is 22.7 Å². The number of furan rings is 1. The SMILES string of the molecule is O=C(O)CCS(=O)CC(=O)NCc1ccco1. The molecule has 0 saturated heterocycles. The minimum absolute atomic E-state index is 0.0104. The van der Waals surface area contributed by atoms with Crippen molar-refractivity contribution in [3.8, 4) is 0 Å². The Morgan fingerprint density at radius 3 is 2.82 bits per heavy atom. The minimum Gasteiger partial charge on any atom is -0.481 e. The Kier molecular flexibility index (Phi) is 5.41. The predicted octanol–water partition coefficient (Wildman–Crippen LogP) is 0.119. The third-order valence-electron chi connectivity index (χ3n) is 1.88. The summed E-state index contributed by atoms with van der Waals surface area (Å²) < 4.78 is 16.3. The number of carboxylic acid groups (broad SMARTS) is 1. The van der Waals surface area contributed by atoms with Crippen molar-refractivity contribution in [2.75, 3.05) is 11.5 Å². The van der Waals surface area contributed by atoms with Gasteiger partial charge in [-0.15, -0.1) is 0 Å². The van der Waals surface area contributed by atoms with Crippen molar-refractivity contribution in [3.05, 3.63) is 24.2 Å². The maximum absolute atomic E-state index is 11.3. The Labute approximate surface area is 100 Å². The van der Waals surface area contributed by atoms with E-state index in [2.05, 4.69) is 5.32 Å². The number of aliphatic carboxylic acids is 1. The highest BCUT2D eigenvalue weighted by molar-refractivity contribution is 7.85. The van der Waals surface area contributed by atoms with E-state index in [1.165, 1.54) is 6.26 Å². The summed E-state index contributed by atoms with van der Waals surface area (Å²) in [6.07, 6.45) is 1.30. The molecule has 1 unspecified atom stereocenters. The van der Waals surface area contributed by atoms with E-state index < -0.39 is 16.8 Å². The molecule has 7 heteroatoms. The molecule has 0 fully saturated rings. The fourth-order valence-corrected chi connectivity index (χ4v) is 2.01. The maximum Gasteiger partial charge on any atom is 0.304 e. The van der Waals surface area contributed by atoms with Crippen LogP contribution in [0.4, 0.5) is 0 Å². The van der Waals surface area contributed by atoms with Crippen LogP contribution in [0.2, 0.25) is 0 Å². The van der Waals surface area contributed by atoms with Gasteiger partial charge >= 0.3 is 5.97 Å². The van der Waals surface area contributed by atoms with Gasteiger partial charge < -0.3 is 14.8 Å². The lowest BCUT2D eigenvalue weighted by Crippen LogP contribution is -2.28. The summed E-state index contributed by atoms with van der Waals surface area (Å²) in [7, 11) is -1.44. The number of carboxylic acids is 1. The van der Waals surface area contributed by atoms with Gasteiger partial charge in [-0.3, -0.25) is 13.8 Å². The van der Waals surface area contributed by atoms with Crippen LogP contribution in [0.5, 0.6) is 0 Å². The molecule has 1 aromatic heterocycles. The molecule has 2 N–H and O–H groups in total. The summed E-state index contributed by atoms with van der Waals surface area (Å²) in [5.74, 6) is -0.994. The van der Waals surface area contributed by atoms with E-state index in [0.717, 1.165) is 0 Å². The molecule has 0 bridgehead atoms. The topological polar surface area (TPSA) is 96.6 Å². The first-order valence-electron chi connectivity index (χ1n) is 4.94. The Balaban J connectivity index is 2.20. The summed E-state index contributed by atoms with van der Waals surface area (Å²) in [4.78, 5) is 21.5. The van der Waals surface area contributed by atoms with Crippen molar-refractivity contribution < 1.29 is 23.3 Å². The van der Waals surface area contributed by atoms with Gasteiger partial charge in [-0.1, -0.05) is 0 Å². The lowest BCUT2D eigenvalue weighted by molar-refractivity contribution is -0.136. The molecule has 94 valence electrons. The van der Waals surface area contributed by atoms with Crippen LogP contribution in [-0.4, -0.2) is 32.7 Å². The number of hydrogen-bond acceptors (Lipinski definition) is 4. The van der Waals surface area contributed by atoms with Crippen molar-refractivity contribution in [3.63, 3.8) is 0 Å². The second-order valence-corrected chi connectivity index (χ2v) is 4.86. The molecule has 0 spiro atoms. The second-order valence-electron chi connectivity index (χ2n) is 3.29. The number of carbonyl (C=O) groups excluding carboxylic acids is 1. The Morgan fingerprint density at radius 2 is 2.24 bits per heavy atom. The first kappa shape index (κ1) is 13.4. The Hall–Kier alpha value is -1.63. The molecule has 0 aliphatic rings. The average Bonchev–Trinajstić information content (AvgIpc) is 2.76. The van der Waals surface area contributed by atoms with Crippen molar-refractivity contribution in [1.82, 2.24) is 5.32 Å². The van der Waals surface area contributed by atoms with Crippen LogP contribution in [0.15, 0.2) is 22.8 Å². The summed E-state index contributed by atoms with van der Waals surface area (Å²) in [6, 6.07) is 3.41. The van der Waals surface area contributed by atoms with Crippen LogP contribution >= 0.6 is 0 Å². The molecule has 0 radical (unpaired) electrons. The summed E-state index contributed by atoms with van der Waals surface area (Å²) in [5, 5.41) is 10.9. The van der Waals surface area contributed by atoms with E-state index in [1.807, 2.05) is 0 Å². The van der Waals surface area contributed by atoms with Crippen molar-refractivity contribution in [2.24, 2.45) is 0 Å². The fraction of sp³-hybridized carbons (Fsp3) is 0.400. The molecule has 0 aliphatic carbocycles. The molecule has 1 atom stereocenters. The number of carbonyl (C=O) groups is 2. The zero-order valence-electron chi connectivity index (χ0n) is 9.05. The van der Waals surface area contributed by atoms with E-state index in [-0.39, 0.29) is 30.4 Å². The zero-order valence-corrected chi connectivity index (χ0v) is 9.87. The van der Waals surface area contributed by atoms with Crippen molar-refractivity contribution in [2.45, 2.75) is 13.0 Å². The first-order chi connectivity index (χ1) is 8.08. The Morgan fingerprint density at radius 1 is 1.47 bits per heavy atom. The molecule has 17 heavy (non-hydrogen) atoms. The van der Waals surface area contributed by atoms with Gasteiger partial charge in [0.15, 0.2) is 0 Å². The number of hydrogen-bond donors (Lipinski definition) is 2. The van der Waals surface area contributed by atoms with Gasteiger partial charge in [0.05, 0.1) is 19.2 Å². The molecule has 1 rings (SSSR count). The standard InChI is InChI=1S/C10H13NO5S/c12-9(7-17(15)5-3-10(13)14)11-6-8-2-1-4-16-8/h1-2,4H,3,5-7H2,(H,11,12)(H,13,14). The summed E-state index contributed by atoms with van der Waals surface area (Å²) in [6.45, 7) is 0.238. The van der Waals surface area contributed by atoms with Crippen LogP contribution < -0.4 is 5.32 Å². The maximum atomic E-state index is 11.3. The fourth-order valence-electron chi connectivity index (χ4n) is 1.07. The quantitative estimate of drug-likeness (QED) is 0.725. The van der Waals surface area contributed by atoms with E-state index in [1.54, 1.807) is 12.1 Å². The largest absolute Gasteiger partial charge is 0.481 e. The molecule has 0 saturated carbocycles. The average molecular weight is 259 g/mol. The highest BCUT2D eigenvalue weighted by atomic mass is 32.2. The smallest absolute Gasteiger partial charge is 0.304 e. The summed E-state index contributed by atoms with van der Waals surface area (Å²) in [5.41, 5.74) is 0. The molecule has 0 aliphatic heterocycles. The van der Waals surface area contributed by atoms with Crippen molar-refractivity contribution in [1.29, 1.82) is 0 Å². The van der Waals surface area contributed by atoms with Gasteiger partial charge in [0, 0.05) is 16.6 Å². The summed E-state index contributed by atoms with van der Waals surface area (Å²) >= 11 is 0. The third-order valence-corrected chi connectivity index (χ3v) is 3.12. The van der Waals surface area contributed by atoms with E-state index in [0.29, 0.717) is 5.76 Å². The Bertz CT molecular complexity index is 401. The monoisotopic (exact) mass is 259 g/mol. The molecule has 1 heterocycles. The number of rotatable bonds is 7. The molecular weight excluding hydrogens is 246 g/mol. The minimum atomic E-state index is -1.44. The highest BCUT2D eigenvalue weighted by Gasteiger charge is 2.09. The predicted molar refractivity (Wildman–Crippen MR) is 60.7 cm³/mol. The third kappa shape index (κ3) is 5.86. The van der Waals surface area contributed by atoms with Gasteiger partial charge in [0.2, 0.25) is 5.91 Å². The zero-order chi connectivity index (χ0) is 12.7. The highest BCUT2D eigenvalue weighted by Crippen LogP contribution is 1.98. The second kappa shape index (κ2) is 6.85. The van der Waals surface area contributed by atoms with Crippen LogP contribution in [0.25, 0.3) is 0 Å². The van der Waals surface area contributed by atoms with Gasteiger partial charge in [-0.2, -0.15) is 0 Å². The van der Waals surface area contributed by atoms with Gasteiger partial charge in [-0.05, 0) is 12.1 Å². The van der Waals surface area contributed by atoms with Crippen LogP contribution in [-0.2, 0) is 26.9 Å². The number of nitrogens with one attached hydrogen (secondary N) is 1. The van der Waals surface area contributed by atoms with Gasteiger partial charge in [-0.25, -0.2) is 0 Å². The van der Waals surface area contributed by atoms with Crippen LogP contribution in [0, 0.1) is 0 Å². The normalized spacial score (nSPS) is 12.0. The van der Waals surface area contributed by atoms with Crippen LogP contribution in [0.3, 0.4) is 0 Å². The van der Waals surface area contributed by atoms with Gasteiger partial charge in [0.25, 0.3) is 0 Å². The van der Waals surface area contributed by atoms with E-state index >= 15 is 0 Å². The van der Waals surface area contributed by atoms with Gasteiger partial charge in [0.1, 0.15) is 11.5 Å². The lowest BCUT2D eigenvalue weighted by atomic mass is 10.4. The molecule has 1 amide bonds.